The Balaban J connectivity index is 1.57. The Morgan fingerprint density at radius 1 is 0.605 bits per heavy atom. The topological polar surface area (TPSA) is 71.1 Å². The molecule has 0 spiro atoms. The van der Waals surface area contributed by atoms with Crippen LogP contribution < -0.4 is 0 Å². The highest BCUT2D eigenvalue weighted by Gasteiger charge is 2.39. The van der Waals surface area contributed by atoms with Gasteiger partial charge in [-0.05, 0) is 39.7 Å². The highest BCUT2D eigenvalue weighted by Crippen LogP contribution is 2.21. The maximum atomic E-state index is 12.8. The Morgan fingerprint density at radius 3 is 1.63 bits per heavy atom. The van der Waals surface area contributed by atoms with E-state index in [0.29, 0.717) is 43.1 Å². The molecular formula is C31H46O6Si. The third kappa shape index (κ3) is 11.2. The fraction of sp³-hybridized carbons (Fsp3) is 0.548. The van der Waals surface area contributed by atoms with Crippen LogP contribution in [0, 0.1) is 0 Å². The van der Waals surface area contributed by atoms with Gasteiger partial charge in [0.1, 0.15) is 0 Å². The number of benzene rings is 2. The second-order valence-corrected chi connectivity index (χ2v) is 12.0. The molecule has 0 atom stereocenters. The first-order valence-corrected chi connectivity index (χ1v) is 16.3. The highest BCUT2D eigenvalue weighted by molar-refractivity contribution is 6.60. The van der Waals surface area contributed by atoms with Crippen molar-refractivity contribution in [1.29, 1.82) is 0 Å². The molecule has 0 saturated carbocycles. The number of carbonyl (C=O) groups excluding carboxylic acids is 2. The molecule has 0 fully saturated rings. The van der Waals surface area contributed by atoms with Crippen molar-refractivity contribution in [2.75, 3.05) is 26.4 Å². The molecule has 2 aromatic rings. The second-order valence-electron chi connectivity index (χ2n) is 9.29. The Hall–Kier alpha value is -2.32. The molecule has 0 unspecified atom stereocenters. The summed E-state index contributed by atoms with van der Waals surface area (Å²) in [5, 5.41) is 0. The standard InChI is InChI=1S/C31H46O6Si/c1-4-35-38(36-5-2,37-6-3)26-20-13-11-9-7-8-10-12-19-25-34-31(33)29-24-18-17-23-28(29)30(32)27-21-15-14-16-22-27/h14-18,21-24H,4-13,19-20,25-26H2,1-3H3. The summed E-state index contributed by atoms with van der Waals surface area (Å²) in [6.45, 7) is 8.26. The van der Waals surface area contributed by atoms with Crippen LogP contribution in [0.5, 0.6) is 0 Å². The summed E-state index contributed by atoms with van der Waals surface area (Å²) in [7, 11) is -2.50. The average Bonchev–Trinajstić information content (AvgIpc) is 2.94. The fourth-order valence-corrected chi connectivity index (χ4v) is 7.21. The Labute approximate surface area is 230 Å². The van der Waals surface area contributed by atoms with Crippen LogP contribution in [-0.4, -0.2) is 47.0 Å². The quantitative estimate of drug-likeness (QED) is 0.0699. The van der Waals surface area contributed by atoms with Crippen LogP contribution in [0.25, 0.3) is 0 Å². The first-order valence-electron chi connectivity index (χ1n) is 14.3. The van der Waals surface area contributed by atoms with Crippen LogP contribution in [-0.2, 0) is 18.0 Å². The molecule has 2 rings (SSSR count). The predicted molar refractivity (Wildman–Crippen MR) is 154 cm³/mol. The molecule has 0 N–H and O–H groups in total. The van der Waals surface area contributed by atoms with Crippen molar-refractivity contribution >= 4 is 20.6 Å². The molecule has 0 heterocycles. The van der Waals surface area contributed by atoms with Crippen molar-refractivity contribution < 1.29 is 27.6 Å². The highest BCUT2D eigenvalue weighted by atomic mass is 28.4. The maximum Gasteiger partial charge on any atom is 0.500 e. The van der Waals surface area contributed by atoms with Gasteiger partial charge in [-0.15, -0.1) is 0 Å². The minimum absolute atomic E-state index is 0.169. The van der Waals surface area contributed by atoms with Gasteiger partial charge in [0.25, 0.3) is 0 Å². The molecule has 0 radical (unpaired) electrons. The van der Waals surface area contributed by atoms with Crippen LogP contribution in [0.15, 0.2) is 54.6 Å². The van der Waals surface area contributed by atoms with Crippen molar-refractivity contribution in [2.45, 2.75) is 84.6 Å². The van der Waals surface area contributed by atoms with Crippen molar-refractivity contribution in [3.63, 3.8) is 0 Å². The van der Waals surface area contributed by atoms with E-state index in [1.165, 1.54) is 32.1 Å². The number of esters is 1. The lowest BCUT2D eigenvalue weighted by Gasteiger charge is -2.28. The summed E-state index contributed by atoms with van der Waals surface area (Å²) >= 11 is 0. The second kappa shape index (κ2) is 18.8. The summed E-state index contributed by atoms with van der Waals surface area (Å²) in [6.07, 6.45) is 10.1. The van der Waals surface area contributed by atoms with E-state index in [9.17, 15) is 9.59 Å². The Morgan fingerprint density at radius 2 is 1.08 bits per heavy atom. The zero-order chi connectivity index (χ0) is 27.5. The van der Waals surface area contributed by atoms with Gasteiger partial charge in [0.05, 0.1) is 12.2 Å². The molecule has 0 amide bonds. The zero-order valence-electron chi connectivity index (χ0n) is 23.5. The molecule has 2 aromatic carbocycles. The van der Waals surface area contributed by atoms with Crippen LogP contribution in [0.4, 0.5) is 0 Å². The Kier molecular flexibility index (Phi) is 15.8. The first kappa shape index (κ1) is 31.9. The van der Waals surface area contributed by atoms with Crippen molar-refractivity contribution in [1.82, 2.24) is 0 Å². The molecule has 0 aromatic heterocycles. The molecule has 6 nitrogen and oxygen atoms in total. The van der Waals surface area contributed by atoms with Gasteiger partial charge in [-0.2, -0.15) is 0 Å². The SMILES string of the molecule is CCO[Si](CCCCCCCCCCCOC(=O)c1ccccc1C(=O)c1ccccc1)(OCC)OCC. The van der Waals surface area contributed by atoms with Crippen molar-refractivity contribution in [3.8, 4) is 0 Å². The third-order valence-electron chi connectivity index (χ3n) is 6.38. The van der Waals surface area contributed by atoms with Crippen LogP contribution >= 0.6 is 0 Å². The van der Waals surface area contributed by atoms with Gasteiger partial charge in [-0.1, -0.05) is 93.5 Å². The maximum absolute atomic E-state index is 12.8. The van der Waals surface area contributed by atoms with Gasteiger partial charge >= 0.3 is 14.8 Å². The molecule has 0 aliphatic heterocycles. The van der Waals surface area contributed by atoms with Gasteiger partial charge < -0.3 is 18.0 Å². The van der Waals surface area contributed by atoms with Crippen LogP contribution in [0.2, 0.25) is 6.04 Å². The van der Waals surface area contributed by atoms with Gasteiger partial charge in [-0.3, -0.25) is 4.79 Å². The van der Waals surface area contributed by atoms with Crippen LogP contribution in [0.3, 0.4) is 0 Å². The molecule has 7 heteroatoms. The Bertz CT molecular complexity index is 916. The summed E-state index contributed by atoms with van der Waals surface area (Å²) in [6, 6.07) is 16.8. The number of rotatable bonds is 21. The van der Waals surface area contributed by atoms with Crippen LogP contribution in [0.1, 0.15) is 105 Å². The lowest BCUT2D eigenvalue weighted by Crippen LogP contribution is -2.45. The van der Waals surface area contributed by atoms with E-state index in [-0.39, 0.29) is 5.78 Å². The van der Waals surface area contributed by atoms with Gasteiger partial charge in [0.15, 0.2) is 5.78 Å². The van der Waals surface area contributed by atoms with E-state index in [0.717, 1.165) is 31.7 Å². The smallest absolute Gasteiger partial charge is 0.462 e. The number of hydrogen-bond acceptors (Lipinski definition) is 6. The summed E-state index contributed by atoms with van der Waals surface area (Å²) < 4.78 is 23.3. The van der Waals surface area contributed by atoms with E-state index in [1.807, 2.05) is 39.0 Å². The number of unbranched alkanes of at least 4 members (excludes halogenated alkanes) is 8. The van der Waals surface area contributed by atoms with E-state index in [2.05, 4.69) is 0 Å². The van der Waals surface area contributed by atoms with E-state index >= 15 is 0 Å². The number of ketones is 1. The molecule has 0 aliphatic rings. The first-order chi connectivity index (χ1) is 18.6. The molecule has 0 bridgehead atoms. The minimum atomic E-state index is -2.50. The summed E-state index contributed by atoms with van der Waals surface area (Å²) in [5.74, 6) is -0.604. The van der Waals surface area contributed by atoms with E-state index in [1.54, 1.807) is 36.4 Å². The third-order valence-corrected chi connectivity index (χ3v) is 9.53. The number of ether oxygens (including phenoxy) is 1. The van der Waals surface area contributed by atoms with E-state index in [4.69, 9.17) is 18.0 Å². The lowest BCUT2D eigenvalue weighted by atomic mass is 9.98. The minimum Gasteiger partial charge on any atom is -0.462 e. The molecular weight excluding hydrogens is 496 g/mol. The van der Waals surface area contributed by atoms with Gasteiger partial charge in [0, 0.05) is 37.0 Å². The fourth-order valence-electron chi connectivity index (χ4n) is 4.53. The molecule has 210 valence electrons. The summed E-state index contributed by atoms with van der Waals surface area (Å²) in [5.41, 5.74) is 1.26. The van der Waals surface area contributed by atoms with Gasteiger partial charge in [0.2, 0.25) is 0 Å². The van der Waals surface area contributed by atoms with E-state index < -0.39 is 14.8 Å². The lowest BCUT2D eigenvalue weighted by molar-refractivity contribution is 0.0494. The summed E-state index contributed by atoms with van der Waals surface area (Å²) in [4.78, 5) is 25.5. The molecule has 0 aliphatic carbocycles. The van der Waals surface area contributed by atoms with Gasteiger partial charge in [-0.25, -0.2) is 4.79 Å². The zero-order valence-corrected chi connectivity index (χ0v) is 24.5. The number of hydrogen-bond donors (Lipinski definition) is 0. The monoisotopic (exact) mass is 542 g/mol. The normalized spacial score (nSPS) is 11.4. The van der Waals surface area contributed by atoms with Crippen molar-refractivity contribution in [2.24, 2.45) is 0 Å². The van der Waals surface area contributed by atoms with Crippen molar-refractivity contribution in [3.05, 3.63) is 71.3 Å². The average molecular weight is 543 g/mol. The molecule has 0 saturated heterocycles. The largest absolute Gasteiger partial charge is 0.500 e. The molecule has 38 heavy (non-hydrogen) atoms. The number of carbonyl (C=O) groups is 2. The predicted octanol–water partition coefficient (Wildman–Crippen LogP) is 7.63.